The van der Waals surface area contributed by atoms with Crippen LogP contribution in [0.3, 0.4) is 0 Å². The smallest absolute Gasteiger partial charge is 0.185 e. The molecule has 0 atom stereocenters. The fraction of sp³-hybridized carbons (Fsp3) is 0.143. The molecule has 0 aliphatic rings. The summed E-state index contributed by atoms with van der Waals surface area (Å²) in [7, 11) is 0. The highest BCUT2D eigenvalue weighted by atomic mass is 19.2. The molecular weight excluding hydrogens is 236 g/mol. The molecule has 2 aromatic rings. The van der Waals surface area contributed by atoms with Gasteiger partial charge >= 0.3 is 0 Å². The van der Waals surface area contributed by atoms with Crippen LogP contribution in [0.25, 0.3) is 0 Å². The summed E-state index contributed by atoms with van der Waals surface area (Å²) in [5, 5.41) is 0. The predicted molar refractivity (Wildman–Crippen MR) is 63.4 cm³/mol. The van der Waals surface area contributed by atoms with Crippen molar-refractivity contribution < 1.29 is 13.6 Å². The van der Waals surface area contributed by atoms with Gasteiger partial charge in [-0.05, 0) is 36.2 Å². The third-order valence-corrected chi connectivity index (χ3v) is 2.58. The van der Waals surface area contributed by atoms with E-state index in [4.69, 9.17) is 0 Å². The largest absolute Gasteiger partial charge is 0.292 e. The summed E-state index contributed by atoms with van der Waals surface area (Å²) in [6.07, 6.45) is 1.32. The van der Waals surface area contributed by atoms with Crippen LogP contribution in [0.5, 0.6) is 0 Å². The molecule has 1 aromatic carbocycles. The number of aromatic nitrogens is 1. The normalized spacial score (nSPS) is 10.4. The number of hydrogen-bond acceptors (Lipinski definition) is 2. The summed E-state index contributed by atoms with van der Waals surface area (Å²) < 4.78 is 26.4. The van der Waals surface area contributed by atoms with E-state index in [0.717, 1.165) is 11.6 Å². The Bertz CT molecular complexity index is 596. The molecule has 4 heteroatoms. The van der Waals surface area contributed by atoms with Crippen LogP contribution < -0.4 is 0 Å². The second-order valence-corrected chi connectivity index (χ2v) is 4.03. The number of ketones is 1. The topological polar surface area (TPSA) is 30.0 Å². The van der Waals surface area contributed by atoms with Crippen LogP contribution >= 0.6 is 0 Å². The third kappa shape index (κ3) is 2.59. The number of benzene rings is 1. The lowest BCUT2D eigenvalue weighted by Gasteiger charge is -2.03. The summed E-state index contributed by atoms with van der Waals surface area (Å²) in [6, 6.07) is 7.18. The van der Waals surface area contributed by atoms with Crippen molar-refractivity contribution in [2.75, 3.05) is 0 Å². The van der Waals surface area contributed by atoms with Crippen LogP contribution in [0.2, 0.25) is 0 Å². The average Bonchev–Trinajstić information content (AvgIpc) is 2.35. The van der Waals surface area contributed by atoms with Crippen molar-refractivity contribution in [3.63, 3.8) is 0 Å². The van der Waals surface area contributed by atoms with E-state index in [1.165, 1.54) is 18.3 Å². The second-order valence-electron chi connectivity index (χ2n) is 4.03. The summed E-state index contributed by atoms with van der Waals surface area (Å²) >= 11 is 0. The third-order valence-electron chi connectivity index (χ3n) is 2.58. The Kier molecular flexibility index (Phi) is 3.46. The molecule has 2 nitrogen and oxygen atoms in total. The molecule has 0 saturated heterocycles. The lowest BCUT2D eigenvalue weighted by Crippen LogP contribution is -2.08. The first-order valence-corrected chi connectivity index (χ1v) is 5.46. The molecule has 1 aromatic heterocycles. The minimum Gasteiger partial charge on any atom is -0.292 e. The molecule has 0 N–H and O–H groups in total. The van der Waals surface area contributed by atoms with Crippen LogP contribution in [0.4, 0.5) is 8.78 Å². The molecule has 0 spiro atoms. The van der Waals surface area contributed by atoms with Crippen LogP contribution in [0.15, 0.2) is 36.5 Å². The first-order chi connectivity index (χ1) is 8.58. The standard InChI is InChI=1S/C14H11F2NO/c1-9-5-6-17-12(7-9)13(18)8-10-3-2-4-11(15)14(10)16/h2-7H,8H2,1H3. The number of carbonyl (C=O) groups is 1. The molecule has 0 unspecified atom stereocenters. The summed E-state index contributed by atoms with van der Waals surface area (Å²) in [6.45, 7) is 1.83. The molecule has 2 rings (SSSR count). The van der Waals surface area contributed by atoms with Gasteiger partial charge in [0.1, 0.15) is 5.69 Å². The number of rotatable bonds is 3. The fourth-order valence-corrected chi connectivity index (χ4v) is 1.64. The number of nitrogens with zero attached hydrogens (tertiary/aromatic N) is 1. The van der Waals surface area contributed by atoms with Gasteiger partial charge < -0.3 is 0 Å². The number of hydrogen-bond donors (Lipinski definition) is 0. The summed E-state index contributed by atoms with van der Waals surface area (Å²) in [5.74, 6) is -2.25. The van der Waals surface area contributed by atoms with E-state index in [1.54, 1.807) is 12.1 Å². The average molecular weight is 247 g/mol. The molecule has 92 valence electrons. The van der Waals surface area contributed by atoms with Gasteiger partial charge in [-0.15, -0.1) is 0 Å². The number of pyridine rings is 1. The van der Waals surface area contributed by atoms with Gasteiger partial charge in [-0.3, -0.25) is 9.78 Å². The number of Topliss-reactive ketones (excluding diaryl/α,β-unsaturated/α-hetero) is 1. The van der Waals surface area contributed by atoms with Crippen LogP contribution in [-0.2, 0) is 6.42 Å². The number of carbonyl (C=O) groups excluding carboxylic acids is 1. The Morgan fingerprint density at radius 2 is 2.06 bits per heavy atom. The van der Waals surface area contributed by atoms with E-state index in [0.29, 0.717) is 0 Å². The Hall–Kier alpha value is -2.10. The van der Waals surface area contributed by atoms with E-state index in [-0.39, 0.29) is 23.5 Å². The van der Waals surface area contributed by atoms with Crippen molar-refractivity contribution in [1.82, 2.24) is 4.98 Å². The van der Waals surface area contributed by atoms with E-state index in [2.05, 4.69) is 4.98 Å². The molecule has 18 heavy (non-hydrogen) atoms. The van der Waals surface area contributed by atoms with Gasteiger partial charge in [0.25, 0.3) is 0 Å². The monoisotopic (exact) mass is 247 g/mol. The summed E-state index contributed by atoms with van der Waals surface area (Å²) in [4.78, 5) is 15.8. The number of aryl methyl sites for hydroxylation is 1. The first-order valence-electron chi connectivity index (χ1n) is 5.46. The lowest BCUT2D eigenvalue weighted by atomic mass is 10.1. The van der Waals surface area contributed by atoms with Crippen molar-refractivity contribution >= 4 is 5.78 Å². The van der Waals surface area contributed by atoms with E-state index in [1.807, 2.05) is 6.92 Å². The molecule has 0 fully saturated rings. The quantitative estimate of drug-likeness (QED) is 0.780. The molecule has 0 amide bonds. The molecule has 0 saturated carbocycles. The predicted octanol–water partition coefficient (Wildman–Crippen LogP) is 3.09. The lowest BCUT2D eigenvalue weighted by molar-refractivity contribution is 0.0987. The maximum atomic E-state index is 13.4. The molecule has 1 heterocycles. The maximum absolute atomic E-state index is 13.4. The van der Waals surface area contributed by atoms with Crippen molar-refractivity contribution in [3.05, 3.63) is 65.0 Å². The maximum Gasteiger partial charge on any atom is 0.185 e. The van der Waals surface area contributed by atoms with Crippen molar-refractivity contribution in [1.29, 1.82) is 0 Å². The Balaban J connectivity index is 2.24. The molecular formula is C14H11F2NO. The van der Waals surface area contributed by atoms with Crippen LogP contribution in [0, 0.1) is 18.6 Å². The minimum absolute atomic E-state index is 0.0447. The van der Waals surface area contributed by atoms with Crippen LogP contribution in [-0.4, -0.2) is 10.8 Å². The van der Waals surface area contributed by atoms with Gasteiger partial charge in [0.05, 0.1) is 0 Å². The Morgan fingerprint density at radius 3 is 2.78 bits per heavy atom. The molecule has 0 bridgehead atoms. The summed E-state index contributed by atoms with van der Waals surface area (Å²) in [5.41, 5.74) is 1.20. The van der Waals surface area contributed by atoms with Gasteiger partial charge in [0.15, 0.2) is 17.4 Å². The van der Waals surface area contributed by atoms with Crippen LogP contribution in [0.1, 0.15) is 21.6 Å². The molecule has 0 aliphatic carbocycles. The van der Waals surface area contributed by atoms with Crippen molar-refractivity contribution in [2.24, 2.45) is 0 Å². The van der Waals surface area contributed by atoms with Crippen molar-refractivity contribution in [3.8, 4) is 0 Å². The fourth-order valence-electron chi connectivity index (χ4n) is 1.64. The van der Waals surface area contributed by atoms with Gasteiger partial charge in [-0.1, -0.05) is 12.1 Å². The number of halogens is 2. The van der Waals surface area contributed by atoms with Gasteiger partial charge in [-0.25, -0.2) is 8.78 Å². The van der Waals surface area contributed by atoms with E-state index in [9.17, 15) is 13.6 Å². The second kappa shape index (κ2) is 5.04. The Morgan fingerprint density at radius 1 is 1.28 bits per heavy atom. The molecule has 0 radical (unpaired) electrons. The zero-order valence-corrected chi connectivity index (χ0v) is 9.78. The highest BCUT2D eigenvalue weighted by molar-refractivity contribution is 5.95. The van der Waals surface area contributed by atoms with Gasteiger partial charge in [0.2, 0.25) is 0 Å². The SMILES string of the molecule is Cc1ccnc(C(=O)Cc2cccc(F)c2F)c1. The minimum atomic E-state index is -0.974. The Labute approximate surface area is 103 Å². The van der Waals surface area contributed by atoms with E-state index < -0.39 is 11.6 Å². The van der Waals surface area contributed by atoms with Crippen molar-refractivity contribution in [2.45, 2.75) is 13.3 Å². The zero-order chi connectivity index (χ0) is 13.1. The molecule has 0 aliphatic heterocycles. The zero-order valence-electron chi connectivity index (χ0n) is 9.78. The first kappa shape index (κ1) is 12.4. The van der Waals surface area contributed by atoms with E-state index >= 15 is 0 Å². The highest BCUT2D eigenvalue weighted by Gasteiger charge is 2.14. The van der Waals surface area contributed by atoms with Gasteiger partial charge in [-0.2, -0.15) is 0 Å². The van der Waals surface area contributed by atoms with Gasteiger partial charge in [0, 0.05) is 12.6 Å². The highest BCUT2D eigenvalue weighted by Crippen LogP contribution is 2.14.